The van der Waals surface area contributed by atoms with E-state index in [4.69, 9.17) is 9.84 Å². The number of ether oxygens (including phenoxy) is 1. The van der Waals surface area contributed by atoms with Crippen molar-refractivity contribution in [1.82, 2.24) is 10.2 Å². The van der Waals surface area contributed by atoms with Crippen molar-refractivity contribution in [3.63, 3.8) is 0 Å². The molecular weight excluding hydrogens is 440 g/mol. The Kier molecular flexibility index (Phi) is 6.85. The smallest absolute Gasteiger partial charge is 0.407 e. The molecule has 2 aliphatic rings. The highest BCUT2D eigenvalue weighted by Crippen LogP contribution is 2.44. The average Bonchev–Trinajstić information content (AvgIpc) is 3.15. The van der Waals surface area contributed by atoms with Crippen LogP contribution in [-0.2, 0) is 14.3 Å². The van der Waals surface area contributed by atoms with Gasteiger partial charge in [0.05, 0.1) is 19.1 Å². The van der Waals surface area contributed by atoms with Crippen LogP contribution in [0.25, 0.3) is 11.1 Å². The molecule has 0 saturated carbocycles. The number of nitrogens with one attached hydrogen (secondary N) is 1. The Morgan fingerprint density at radius 1 is 1.09 bits per heavy atom. The van der Waals surface area contributed by atoms with Gasteiger partial charge in [0.1, 0.15) is 6.61 Å². The zero-order chi connectivity index (χ0) is 24.3. The van der Waals surface area contributed by atoms with Crippen LogP contribution >= 0.6 is 0 Å². The number of aliphatic hydroxyl groups excluding tert-OH is 1. The minimum Gasteiger partial charge on any atom is -0.479 e. The molecule has 1 aliphatic carbocycles. The first-order valence-corrected chi connectivity index (χ1v) is 11.3. The highest BCUT2D eigenvalue weighted by molar-refractivity contribution is 5.81. The number of alkyl carbamates (subject to hydrolysis) is 1. The fraction of sp³-hybridized carbons (Fsp3) is 0.400. The number of β-amino-alcohol motifs (C(OH)–C–C–N with tert-alkyl or cyclic N) is 1. The summed E-state index contributed by atoms with van der Waals surface area (Å²) in [6.07, 6.45) is -1.76. The molecule has 1 aliphatic heterocycles. The summed E-state index contributed by atoms with van der Waals surface area (Å²) in [5, 5.41) is 31.9. The van der Waals surface area contributed by atoms with Gasteiger partial charge in [0.25, 0.3) is 0 Å². The minimum atomic E-state index is -1.97. The Balaban J connectivity index is 1.25. The van der Waals surface area contributed by atoms with Gasteiger partial charge in [-0.15, -0.1) is 0 Å². The van der Waals surface area contributed by atoms with Gasteiger partial charge in [-0.05, 0) is 35.1 Å². The van der Waals surface area contributed by atoms with Gasteiger partial charge >= 0.3 is 12.1 Å². The second-order valence-corrected chi connectivity index (χ2v) is 8.82. The van der Waals surface area contributed by atoms with Crippen molar-refractivity contribution in [2.24, 2.45) is 0 Å². The van der Waals surface area contributed by atoms with Crippen molar-refractivity contribution in [1.29, 1.82) is 0 Å². The normalized spacial score (nSPS) is 20.2. The summed E-state index contributed by atoms with van der Waals surface area (Å²) in [5.41, 5.74) is 2.44. The van der Waals surface area contributed by atoms with Crippen LogP contribution < -0.4 is 5.32 Å². The third kappa shape index (κ3) is 4.90. The molecule has 180 valence electrons. The molecule has 2 atom stereocenters. The maximum absolute atomic E-state index is 12.4. The molecule has 1 saturated heterocycles. The van der Waals surface area contributed by atoms with Gasteiger partial charge in [-0.1, -0.05) is 48.5 Å². The van der Waals surface area contributed by atoms with E-state index >= 15 is 0 Å². The number of rotatable bonds is 7. The van der Waals surface area contributed by atoms with E-state index in [1.54, 1.807) is 0 Å². The number of nitrogens with zero attached hydrogens (tertiary/aromatic N) is 1. The number of carboxylic acids is 1. The maximum Gasteiger partial charge on any atom is 0.407 e. The Bertz CT molecular complexity index is 1040. The summed E-state index contributed by atoms with van der Waals surface area (Å²) in [4.78, 5) is 37.1. The molecule has 2 aromatic rings. The van der Waals surface area contributed by atoms with Crippen molar-refractivity contribution in [2.75, 3.05) is 26.2 Å². The SMILES string of the molecule is O=C(NCC(O)CC(=O)N1CCCC(O)(C(=O)O)C1)OCC1c2ccccc2-c2ccccc21. The lowest BCUT2D eigenvalue weighted by molar-refractivity contribution is -0.166. The summed E-state index contributed by atoms with van der Waals surface area (Å²) in [5.74, 6) is -1.94. The third-order valence-electron chi connectivity index (χ3n) is 6.46. The molecule has 4 rings (SSSR count). The predicted octanol–water partition coefficient (Wildman–Crippen LogP) is 1.71. The van der Waals surface area contributed by atoms with Crippen molar-refractivity contribution in [2.45, 2.75) is 36.9 Å². The van der Waals surface area contributed by atoms with Gasteiger partial charge in [0.15, 0.2) is 5.60 Å². The van der Waals surface area contributed by atoms with Gasteiger partial charge in [-0.2, -0.15) is 0 Å². The van der Waals surface area contributed by atoms with Gasteiger partial charge < -0.3 is 30.3 Å². The largest absolute Gasteiger partial charge is 0.479 e. The number of carbonyl (C=O) groups is 3. The summed E-state index contributed by atoms with van der Waals surface area (Å²) in [7, 11) is 0. The van der Waals surface area contributed by atoms with E-state index in [0.29, 0.717) is 13.0 Å². The molecule has 2 unspecified atom stereocenters. The monoisotopic (exact) mass is 468 g/mol. The molecule has 0 spiro atoms. The predicted molar refractivity (Wildman–Crippen MR) is 122 cm³/mol. The standard InChI is InChI=1S/C25H28N2O7/c28-16(12-22(29)27-11-5-10-25(33,15-27)23(30)31)13-26-24(32)34-14-21-19-8-3-1-6-17(19)18-7-2-4-9-20(18)21/h1-4,6-9,16,21,28,33H,5,10-15H2,(H,26,32)(H,30,31). The quantitative estimate of drug-likeness (QED) is 0.486. The molecule has 0 radical (unpaired) electrons. The number of benzene rings is 2. The number of aliphatic carboxylic acids is 1. The lowest BCUT2D eigenvalue weighted by Gasteiger charge is -2.36. The van der Waals surface area contributed by atoms with Crippen LogP contribution in [-0.4, -0.2) is 76.1 Å². The highest BCUT2D eigenvalue weighted by atomic mass is 16.5. The van der Waals surface area contributed by atoms with Gasteiger partial charge in [-0.25, -0.2) is 9.59 Å². The molecule has 34 heavy (non-hydrogen) atoms. The summed E-state index contributed by atoms with van der Waals surface area (Å²) < 4.78 is 5.41. The number of carboxylic acid groups (broad SMARTS) is 1. The molecule has 0 bridgehead atoms. The third-order valence-corrected chi connectivity index (χ3v) is 6.46. The van der Waals surface area contributed by atoms with Crippen molar-refractivity contribution in [3.05, 3.63) is 59.7 Å². The first-order chi connectivity index (χ1) is 16.3. The van der Waals surface area contributed by atoms with E-state index in [9.17, 15) is 24.6 Å². The lowest BCUT2D eigenvalue weighted by Crippen LogP contribution is -2.55. The lowest BCUT2D eigenvalue weighted by atomic mass is 9.92. The molecular formula is C25H28N2O7. The van der Waals surface area contributed by atoms with E-state index in [-0.39, 0.29) is 38.5 Å². The Labute approximate surface area is 197 Å². The molecule has 1 heterocycles. The van der Waals surface area contributed by atoms with Gasteiger partial charge in [0, 0.05) is 19.0 Å². The van der Waals surface area contributed by atoms with Crippen LogP contribution in [0.1, 0.15) is 36.3 Å². The molecule has 9 nitrogen and oxygen atoms in total. The van der Waals surface area contributed by atoms with Crippen molar-refractivity contribution >= 4 is 18.0 Å². The van der Waals surface area contributed by atoms with Crippen LogP contribution in [0.4, 0.5) is 4.79 Å². The zero-order valence-electron chi connectivity index (χ0n) is 18.6. The molecule has 2 amide bonds. The number of amides is 2. The first-order valence-electron chi connectivity index (χ1n) is 11.3. The Hall–Kier alpha value is -3.43. The summed E-state index contributed by atoms with van der Waals surface area (Å²) >= 11 is 0. The van der Waals surface area contributed by atoms with Crippen LogP contribution in [0, 0.1) is 0 Å². The van der Waals surface area contributed by atoms with Crippen LogP contribution in [0.5, 0.6) is 0 Å². The molecule has 0 aromatic heterocycles. The van der Waals surface area contributed by atoms with E-state index in [1.807, 2.05) is 48.5 Å². The number of hydrogen-bond donors (Lipinski definition) is 4. The maximum atomic E-state index is 12.4. The van der Waals surface area contributed by atoms with Gasteiger partial charge in [0.2, 0.25) is 5.91 Å². The highest BCUT2D eigenvalue weighted by Gasteiger charge is 2.41. The second kappa shape index (κ2) is 9.82. The Morgan fingerprint density at radius 2 is 1.71 bits per heavy atom. The summed E-state index contributed by atoms with van der Waals surface area (Å²) in [6, 6.07) is 16.0. The van der Waals surface area contributed by atoms with Gasteiger partial charge in [-0.3, -0.25) is 4.79 Å². The fourth-order valence-corrected chi connectivity index (χ4v) is 4.68. The van der Waals surface area contributed by atoms with Crippen LogP contribution in [0.2, 0.25) is 0 Å². The average molecular weight is 469 g/mol. The number of likely N-dealkylation sites (tertiary alicyclic amines) is 1. The van der Waals surface area contributed by atoms with E-state index in [0.717, 1.165) is 22.3 Å². The summed E-state index contributed by atoms with van der Waals surface area (Å²) in [6.45, 7) is -0.0788. The number of hydrogen-bond acceptors (Lipinski definition) is 6. The van der Waals surface area contributed by atoms with E-state index in [1.165, 1.54) is 4.90 Å². The molecule has 4 N–H and O–H groups in total. The molecule has 9 heteroatoms. The second-order valence-electron chi connectivity index (χ2n) is 8.82. The van der Waals surface area contributed by atoms with Crippen molar-refractivity contribution < 1.29 is 34.4 Å². The van der Waals surface area contributed by atoms with Crippen LogP contribution in [0.3, 0.4) is 0 Å². The molecule has 2 aromatic carbocycles. The topological polar surface area (TPSA) is 136 Å². The van der Waals surface area contributed by atoms with E-state index < -0.39 is 29.7 Å². The number of fused-ring (bicyclic) bond motifs is 3. The van der Waals surface area contributed by atoms with Crippen LogP contribution in [0.15, 0.2) is 48.5 Å². The number of carbonyl (C=O) groups excluding carboxylic acids is 2. The zero-order valence-corrected chi connectivity index (χ0v) is 18.6. The van der Waals surface area contributed by atoms with Crippen molar-refractivity contribution in [3.8, 4) is 11.1 Å². The van der Waals surface area contributed by atoms with E-state index in [2.05, 4.69) is 5.32 Å². The fourth-order valence-electron chi connectivity index (χ4n) is 4.68. The molecule has 1 fully saturated rings. The number of aliphatic hydroxyl groups is 2. The number of piperidine rings is 1. The minimum absolute atomic E-state index is 0.0675. The first kappa shape index (κ1) is 23.7. The Morgan fingerprint density at radius 3 is 2.32 bits per heavy atom.